The highest BCUT2D eigenvalue weighted by Crippen LogP contribution is 2.31. The van der Waals surface area contributed by atoms with Crippen LogP contribution in [0.2, 0.25) is 0 Å². The number of hydrogen-bond acceptors (Lipinski definition) is 0. The molecule has 92 valence electrons. The molecule has 0 heteroatoms. The van der Waals surface area contributed by atoms with Gasteiger partial charge in [0, 0.05) is 0 Å². The summed E-state index contributed by atoms with van der Waals surface area (Å²) in [5.41, 5.74) is 3.01. The molecule has 17 heavy (non-hydrogen) atoms. The SMILES string of the molecule is CC.Cc1ccc(C(C)(C)C)c2ccccc12. The minimum absolute atomic E-state index is 0.216. The maximum absolute atomic E-state index is 2.27. The molecule has 0 N–H and O–H groups in total. The Kier molecular flexibility index (Phi) is 4.34. The van der Waals surface area contributed by atoms with Gasteiger partial charge in [-0.05, 0) is 34.2 Å². The smallest absolute Gasteiger partial charge is 0.0126 e. The number of fused-ring (bicyclic) bond motifs is 1. The Morgan fingerprint density at radius 2 is 1.29 bits per heavy atom. The molecular formula is C17H24. The van der Waals surface area contributed by atoms with Gasteiger partial charge >= 0.3 is 0 Å². The Hall–Kier alpha value is -1.30. The molecule has 0 radical (unpaired) electrons. The molecule has 0 heterocycles. The standard InChI is InChI=1S/C15H18.C2H6/c1-11-9-10-14(15(2,3)4)13-8-6-5-7-12(11)13;1-2/h5-10H,1-4H3;1-2H3. The van der Waals surface area contributed by atoms with Crippen LogP contribution in [0, 0.1) is 6.92 Å². The summed E-state index contributed by atoms with van der Waals surface area (Å²) in [7, 11) is 0. The van der Waals surface area contributed by atoms with Crippen LogP contribution in [0.1, 0.15) is 45.7 Å². The molecule has 0 aromatic heterocycles. The van der Waals surface area contributed by atoms with Gasteiger partial charge < -0.3 is 0 Å². The summed E-state index contributed by atoms with van der Waals surface area (Å²) in [6.45, 7) is 13.0. The first-order valence-electron chi connectivity index (χ1n) is 6.49. The number of benzene rings is 2. The summed E-state index contributed by atoms with van der Waals surface area (Å²) in [4.78, 5) is 0. The summed E-state index contributed by atoms with van der Waals surface area (Å²) in [6, 6.07) is 13.2. The summed E-state index contributed by atoms with van der Waals surface area (Å²) < 4.78 is 0. The van der Waals surface area contributed by atoms with Gasteiger partial charge in [0.15, 0.2) is 0 Å². The van der Waals surface area contributed by atoms with E-state index in [0.29, 0.717) is 0 Å². The Morgan fingerprint density at radius 1 is 0.765 bits per heavy atom. The maximum Gasteiger partial charge on any atom is -0.0126 e. The van der Waals surface area contributed by atoms with E-state index < -0.39 is 0 Å². The topological polar surface area (TPSA) is 0 Å². The molecule has 0 saturated heterocycles. The third-order valence-electron chi connectivity index (χ3n) is 2.95. The van der Waals surface area contributed by atoms with E-state index in [9.17, 15) is 0 Å². The second-order valence-corrected chi connectivity index (χ2v) is 5.23. The molecular weight excluding hydrogens is 204 g/mol. The van der Waals surface area contributed by atoms with E-state index in [0.717, 1.165) is 0 Å². The lowest BCUT2D eigenvalue weighted by Gasteiger charge is -2.22. The van der Waals surface area contributed by atoms with Crippen LogP contribution in [0.15, 0.2) is 36.4 Å². The zero-order valence-electron chi connectivity index (χ0n) is 12.0. The van der Waals surface area contributed by atoms with Crippen molar-refractivity contribution in [2.24, 2.45) is 0 Å². The lowest BCUT2D eigenvalue weighted by Crippen LogP contribution is -2.11. The van der Waals surface area contributed by atoms with Crippen LogP contribution in [0.5, 0.6) is 0 Å². The van der Waals surface area contributed by atoms with Crippen molar-refractivity contribution in [3.63, 3.8) is 0 Å². The van der Waals surface area contributed by atoms with Crippen molar-refractivity contribution in [1.29, 1.82) is 0 Å². The van der Waals surface area contributed by atoms with Gasteiger partial charge in [0.05, 0.1) is 0 Å². The molecule has 2 rings (SSSR count). The molecule has 0 spiro atoms. The van der Waals surface area contributed by atoms with Crippen LogP contribution in [0.25, 0.3) is 10.8 Å². The lowest BCUT2D eigenvalue weighted by molar-refractivity contribution is 0.596. The molecule has 0 atom stereocenters. The van der Waals surface area contributed by atoms with Crippen molar-refractivity contribution in [3.05, 3.63) is 47.5 Å². The van der Waals surface area contributed by atoms with E-state index in [2.05, 4.69) is 64.1 Å². The predicted molar refractivity (Wildman–Crippen MR) is 78.7 cm³/mol. The molecule has 0 amide bonds. The second kappa shape index (κ2) is 5.35. The third kappa shape index (κ3) is 2.88. The van der Waals surface area contributed by atoms with E-state index >= 15 is 0 Å². The van der Waals surface area contributed by atoms with Crippen LogP contribution >= 0.6 is 0 Å². The van der Waals surface area contributed by atoms with Crippen molar-refractivity contribution in [2.45, 2.75) is 47.0 Å². The molecule has 2 aromatic carbocycles. The highest BCUT2D eigenvalue weighted by atomic mass is 14.2. The van der Waals surface area contributed by atoms with Crippen molar-refractivity contribution >= 4 is 10.8 Å². The van der Waals surface area contributed by atoms with Crippen LogP contribution in [-0.4, -0.2) is 0 Å². The lowest BCUT2D eigenvalue weighted by atomic mass is 9.83. The maximum atomic E-state index is 2.27. The Morgan fingerprint density at radius 3 is 1.82 bits per heavy atom. The molecule has 2 aromatic rings. The molecule has 0 aliphatic heterocycles. The Balaban J connectivity index is 0.000000686. The van der Waals surface area contributed by atoms with Crippen LogP contribution < -0.4 is 0 Å². The number of rotatable bonds is 0. The zero-order chi connectivity index (χ0) is 13.1. The van der Waals surface area contributed by atoms with Gasteiger partial charge in [0.25, 0.3) is 0 Å². The highest BCUT2D eigenvalue weighted by Gasteiger charge is 2.16. The number of aryl methyl sites for hydroxylation is 1. The summed E-state index contributed by atoms with van der Waals surface area (Å²) in [5, 5.41) is 2.77. The first kappa shape index (κ1) is 13.8. The fraction of sp³-hybridized carbons (Fsp3) is 0.412. The average molecular weight is 228 g/mol. The molecule has 0 aliphatic carbocycles. The van der Waals surface area contributed by atoms with Gasteiger partial charge in [-0.15, -0.1) is 0 Å². The number of hydrogen-bond donors (Lipinski definition) is 0. The van der Waals surface area contributed by atoms with Crippen LogP contribution in [0.3, 0.4) is 0 Å². The quantitative estimate of drug-likeness (QED) is 0.560. The first-order chi connectivity index (χ1) is 8.00. The van der Waals surface area contributed by atoms with Gasteiger partial charge in [0.2, 0.25) is 0 Å². The third-order valence-corrected chi connectivity index (χ3v) is 2.95. The van der Waals surface area contributed by atoms with E-state index in [-0.39, 0.29) is 5.41 Å². The summed E-state index contributed by atoms with van der Waals surface area (Å²) in [5.74, 6) is 0. The van der Waals surface area contributed by atoms with Crippen LogP contribution in [-0.2, 0) is 5.41 Å². The zero-order valence-corrected chi connectivity index (χ0v) is 12.0. The van der Waals surface area contributed by atoms with E-state index in [1.165, 1.54) is 21.9 Å². The van der Waals surface area contributed by atoms with Crippen molar-refractivity contribution < 1.29 is 0 Å². The molecule has 0 nitrogen and oxygen atoms in total. The van der Waals surface area contributed by atoms with Gasteiger partial charge in [0.1, 0.15) is 0 Å². The average Bonchev–Trinajstić information content (AvgIpc) is 2.31. The molecule has 0 fully saturated rings. The Bertz CT molecular complexity index is 487. The molecule has 0 bridgehead atoms. The van der Waals surface area contributed by atoms with E-state index in [4.69, 9.17) is 0 Å². The van der Waals surface area contributed by atoms with Crippen molar-refractivity contribution in [2.75, 3.05) is 0 Å². The normalized spacial score (nSPS) is 10.9. The first-order valence-corrected chi connectivity index (χ1v) is 6.49. The summed E-state index contributed by atoms with van der Waals surface area (Å²) >= 11 is 0. The minimum atomic E-state index is 0.216. The fourth-order valence-electron chi connectivity index (χ4n) is 2.10. The van der Waals surface area contributed by atoms with E-state index in [1.54, 1.807) is 0 Å². The van der Waals surface area contributed by atoms with Crippen LogP contribution in [0.4, 0.5) is 0 Å². The highest BCUT2D eigenvalue weighted by molar-refractivity contribution is 5.89. The monoisotopic (exact) mass is 228 g/mol. The summed E-state index contributed by atoms with van der Waals surface area (Å²) in [6.07, 6.45) is 0. The Labute approximate surface area is 106 Å². The van der Waals surface area contributed by atoms with Gasteiger partial charge in [-0.3, -0.25) is 0 Å². The molecule has 0 saturated carbocycles. The van der Waals surface area contributed by atoms with Gasteiger partial charge in [-0.1, -0.05) is 71.0 Å². The second-order valence-electron chi connectivity index (χ2n) is 5.23. The fourth-order valence-corrected chi connectivity index (χ4v) is 2.10. The minimum Gasteiger partial charge on any atom is -0.0683 e. The molecule has 0 aliphatic rings. The largest absolute Gasteiger partial charge is 0.0683 e. The van der Waals surface area contributed by atoms with Gasteiger partial charge in [-0.25, -0.2) is 0 Å². The van der Waals surface area contributed by atoms with Gasteiger partial charge in [-0.2, -0.15) is 0 Å². The molecule has 0 unspecified atom stereocenters. The van der Waals surface area contributed by atoms with Crippen molar-refractivity contribution in [1.82, 2.24) is 0 Å². The predicted octanol–water partition coefficient (Wildman–Crippen LogP) is 5.47. The van der Waals surface area contributed by atoms with E-state index in [1.807, 2.05) is 13.8 Å². The van der Waals surface area contributed by atoms with Crippen molar-refractivity contribution in [3.8, 4) is 0 Å².